The average molecular weight is 441 g/mol. The van der Waals surface area contributed by atoms with E-state index in [0.29, 0.717) is 27.6 Å². The highest BCUT2D eigenvalue weighted by Gasteiger charge is 2.18. The van der Waals surface area contributed by atoms with E-state index in [4.69, 9.17) is 16.9 Å². The Bertz CT molecular complexity index is 1220. The SMILES string of the molecule is Cc1cccc(-n2c(SCC(=O)N(C)CCC#N)nc3cc(Cl)ccc3c2=O)c1C. The van der Waals surface area contributed by atoms with E-state index >= 15 is 0 Å². The van der Waals surface area contributed by atoms with E-state index in [1.54, 1.807) is 29.8 Å². The molecular weight excluding hydrogens is 420 g/mol. The average Bonchev–Trinajstić information content (AvgIpc) is 2.72. The summed E-state index contributed by atoms with van der Waals surface area (Å²) in [4.78, 5) is 32.0. The van der Waals surface area contributed by atoms with Crippen LogP contribution < -0.4 is 5.56 Å². The van der Waals surface area contributed by atoms with Crippen LogP contribution >= 0.6 is 23.4 Å². The van der Waals surface area contributed by atoms with E-state index in [1.165, 1.54) is 16.7 Å². The molecule has 0 aliphatic rings. The van der Waals surface area contributed by atoms with Crippen LogP contribution in [0.4, 0.5) is 0 Å². The van der Waals surface area contributed by atoms with E-state index in [2.05, 4.69) is 4.98 Å². The summed E-state index contributed by atoms with van der Waals surface area (Å²) in [6.45, 7) is 4.30. The Labute approximate surface area is 184 Å². The quantitative estimate of drug-likeness (QED) is 0.425. The van der Waals surface area contributed by atoms with Gasteiger partial charge in [0.05, 0.1) is 34.8 Å². The van der Waals surface area contributed by atoms with Gasteiger partial charge in [-0.15, -0.1) is 0 Å². The number of rotatable bonds is 6. The van der Waals surface area contributed by atoms with Gasteiger partial charge in [0.15, 0.2) is 5.16 Å². The lowest BCUT2D eigenvalue weighted by molar-refractivity contribution is -0.127. The molecule has 0 atom stereocenters. The van der Waals surface area contributed by atoms with E-state index in [-0.39, 0.29) is 23.6 Å². The van der Waals surface area contributed by atoms with Crippen molar-refractivity contribution >= 4 is 40.2 Å². The molecule has 0 spiro atoms. The molecule has 3 aromatic rings. The molecule has 6 nitrogen and oxygen atoms in total. The fraction of sp³-hybridized carbons (Fsp3) is 0.273. The number of aryl methyl sites for hydroxylation is 1. The molecule has 1 aromatic heterocycles. The number of carbonyl (C=O) groups is 1. The van der Waals surface area contributed by atoms with Crippen molar-refractivity contribution in [1.82, 2.24) is 14.5 Å². The Hall–Kier alpha value is -2.82. The van der Waals surface area contributed by atoms with Crippen LogP contribution in [0.25, 0.3) is 16.6 Å². The Morgan fingerprint density at radius 3 is 2.80 bits per heavy atom. The summed E-state index contributed by atoms with van der Waals surface area (Å²) in [6.07, 6.45) is 0.271. The molecular formula is C22H21ClN4O2S. The summed E-state index contributed by atoms with van der Waals surface area (Å²) in [6, 6.07) is 12.8. The van der Waals surface area contributed by atoms with Crippen molar-refractivity contribution in [2.75, 3.05) is 19.3 Å². The lowest BCUT2D eigenvalue weighted by atomic mass is 10.1. The summed E-state index contributed by atoms with van der Waals surface area (Å²) in [5.41, 5.74) is 3.03. The van der Waals surface area contributed by atoms with Gasteiger partial charge in [-0.3, -0.25) is 14.2 Å². The third kappa shape index (κ3) is 4.50. The van der Waals surface area contributed by atoms with Gasteiger partial charge in [0, 0.05) is 18.6 Å². The second-order valence-corrected chi connectivity index (χ2v) is 8.31. The minimum atomic E-state index is -0.210. The second-order valence-electron chi connectivity index (χ2n) is 6.93. The monoisotopic (exact) mass is 440 g/mol. The van der Waals surface area contributed by atoms with Gasteiger partial charge in [-0.2, -0.15) is 5.26 Å². The first-order chi connectivity index (χ1) is 14.3. The Morgan fingerprint density at radius 1 is 1.30 bits per heavy atom. The zero-order chi connectivity index (χ0) is 21.8. The minimum Gasteiger partial charge on any atom is -0.344 e. The van der Waals surface area contributed by atoms with Crippen molar-refractivity contribution in [1.29, 1.82) is 5.26 Å². The number of aromatic nitrogens is 2. The Kier molecular flexibility index (Phi) is 6.80. The highest BCUT2D eigenvalue weighted by Crippen LogP contribution is 2.25. The third-order valence-corrected chi connectivity index (χ3v) is 6.09. The van der Waals surface area contributed by atoms with Gasteiger partial charge in [0.1, 0.15) is 0 Å². The molecule has 0 fully saturated rings. The standard InChI is InChI=1S/C22H21ClN4O2S/c1-14-6-4-7-19(15(14)2)27-21(29)17-9-8-16(23)12-18(17)25-22(27)30-13-20(28)26(3)11-5-10-24/h4,6-9,12H,5,11,13H2,1-3H3. The third-order valence-electron chi connectivity index (χ3n) is 4.93. The maximum atomic E-state index is 13.4. The number of amides is 1. The van der Waals surface area contributed by atoms with E-state index < -0.39 is 0 Å². The molecule has 0 N–H and O–H groups in total. The molecule has 154 valence electrons. The zero-order valence-corrected chi connectivity index (χ0v) is 18.5. The number of halogens is 1. The van der Waals surface area contributed by atoms with Crippen molar-refractivity contribution in [2.24, 2.45) is 0 Å². The first-order valence-corrected chi connectivity index (χ1v) is 10.7. The number of hydrogen-bond acceptors (Lipinski definition) is 5. The van der Waals surface area contributed by atoms with Crippen LogP contribution in [-0.4, -0.2) is 39.7 Å². The van der Waals surface area contributed by atoms with Crippen molar-refractivity contribution in [2.45, 2.75) is 25.4 Å². The van der Waals surface area contributed by atoms with Crippen molar-refractivity contribution in [3.05, 3.63) is 62.9 Å². The number of nitriles is 1. The second kappa shape index (κ2) is 9.33. The number of thioether (sulfide) groups is 1. The Balaban J connectivity index is 2.09. The predicted molar refractivity (Wildman–Crippen MR) is 120 cm³/mol. The number of hydrogen-bond donors (Lipinski definition) is 0. The zero-order valence-electron chi connectivity index (χ0n) is 17.0. The molecule has 30 heavy (non-hydrogen) atoms. The van der Waals surface area contributed by atoms with Crippen LogP contribution in [0.5, 0.6) is 0 Å². The normalized spacial score (nSPS) is 10.8. The summed E-state index contributed by atoms with van der Waals surface area (Å²) in [7, 11) is 1.66. The molecule has 0 aliphatic heterocycles. The topological polar surface area (TPSA) is 79.0 Å². The van der Waals surface area contributed by atoms with Gasteiger partial charge in [-0.1, -0.05) is 35.5 Å². The highest BCUT2D eigenvalue weighted by molar-refractivity contribution is 7.99. The van der Waals surface area contributed by atoms with Crippen LogP contribution in [0.15, 0.2) is 46.3 Å². The highest BCUT2D eigenvalue weighted by atomic mass is 35.5. The smallest absolute Gasteiger partial charge is 0.266 e. The summed E-state index contributed by atoms with van der Waals surface area (Å²) in [5.74, 6) is -0.0334. The predicted octanol–water partition coefficient (Wildman–Crippen LogP) is 4.12. The summed E-state index contributed by atoms with van der Waals surface area (Å²) < 4.78 is 1.56. The maximum Gasteiger partial charge on any atom is 0.266 e. The molecule has 0 aliphatic carbocycles. The fourth-order valence-electron chi connectivity index (χ4n) is 3.00. The molecule has 0 unspecified atom stereocenters. The van der Waals surface area contributed by atoms with E-state index in [1.807, 2.05) is 38.1 Å². The van der Waals surface area contributed by atoms with Crippen LogP contribution in [0.1, 0.15) is 17.5 Å². The number of nitrogens with zero attached hydrogens (tertiary/aromatic N) is 4. The van der Waals surface area contributed by atoms with Gasteiger partial charge in [0.25, 0.3) is 5.56 Å². The number of benzene rings is 2. The van der Waals surface area contributed by atoms with E-state index in [9.17, 15) is 9.59 Å². The largest absolute Gasteiger partial charge is 0.344 e. The van der Waals surface area contributed by atoms with Gasteiger partial charge >= 0.3 is 0 Å². The van der Waals surface area contributed by atoms with Crippen LogP contribution in [0.3, 0.4) is 0 Å². The molecule has 0 saturated heterocycles. The Morgan fingerprint density at radius 2 is 2.07 bits per heavy atom. The lowest BCUT2D eigenvalue weighted by Gasteiger charge is -2.18. The van der Waals surface area contributed by atoms with Gasteiger partial charge in [0.2, 0.25) is 5.91 Å². The summed E-state index contributed by atoms with van der Waals surface area (Å²) >= 11 is 7.30. The van der Waals surface area contributed by atoms with Crippen LogP contribution in [-0.2, 0) is 4.79 Å². The lowest BCUT2D eigenvalue weighted by Crippen LogP contribution is -2.29. The van der Waals surface area contributed by atoms with Gasteiger partial charge in [-0.25, -0.2) is 4.98 Å². The molecule has 1 amide bonds. The van der Waals surface area contributed by atoms with Gasteiger partial charge < -0.3 is 4.90 Å². The molecule has 3 rings (SSSR count). The number of fused-ring (bicyclic) bond motifs is 1. The summed E-state index contributed by atoms with van der Waals surface area (Å²) in [5, 5.41) is 10.1. The van der Waals surface area contributed by atoms with Crippen molar-refractivity contribution < 1.29 is 4.79 Å². The van der Waals surface area contributed by atoms with Gasteiger partial charge in [-0.05, 0) is 49.2 Å². The van der Waals surface area contributed by atoms with Crippen LogP contribution in [0.2, 0.25) is 5.02 Å². The fourth-order valence-corrected chi connectivity index (χ4v) is 4.12. The molecule has 2 aromatic carbocycles. The maximum absolute atomic E-state index is 13.4. The minimum absolute atomic E-state index is 0.102. The molecule has 0 bridgehead atoms. The first-order valence-electron chi connectivity index (χ1n) is 9.36. The molecule has 1 heterocycles. The van der Waals surface area contributed by atoms with E-state index in [0.717, 1.165) is 16.8 Å². The number of carbonyl (C=O) groups excluding carboxylic acids is 1. The van der Waals surface area contributed by atoms with Crippen molar-refractivity contribution in [3.8, 4) is 11.8 Å². The molecule has 8 heteroatoms. The van der Waals surface area contributed by atoms with Crippen molar-refractivity contribution in [3.63, 3.8) is 0 Å². The molecule has 0 saturated carbocycles. The molecule has 0 radical (unpaired) electrons. The van der Waals surface area contributed by atoms with Crippen LogP contribution in [0, 0.1) is 25.2 Å². The first kappa shape index (κ1) is 21.9.